The van der Waals surface area contributed by atoms with Crippen LogP contribution in [0.15, 0.2) is 11.9 Å². The van der Waals surface area contributed by atoms with Crippen LogP contribution in [-0.4, -0.2) is 39.8 Å². The van der Waals surface area contributed by atoms with E-state index in [0.717, 1.165) is 13.2 Å². The fraction of sp³-hybridized carbons (Fsp3) is 0.400. The second-order valence-electron chi connectivity index (χ2n) is 2.03. The molecule has 0 atom stereocenters. The second kappa shape index (κ2) is 4.98. The first-order chi connectivity index (χ1) is 5.87. The molecule has 1 amide bonds. The fourth-order valence-electron chi connectivity index (χ4n) is 0.464. The number of methoxy groups -OCH3 is 1. The van der Waals surface area contributed by atoms with E-state index in [0.29, 0.717) is 5.82 Å². The van der Waals surface area contributed by atoms with E-state index in [1.807, 2.05) is 0 Å². The van der Waals surface area contributed by atoms with E-state index >= 15 is 0 Å². The third-order valence-corrected chi connectivity index (χ3v) is 1.56. The SMILES string of the molecule is COC(=O)N(O)CC=CP(=O)(O)O. The van der Waals surface area contributed by atoms with Gasteiger partial charge in [0.25, 0.3) is 0 Å². The Hall–Kier alpha value is -0.880. The Morgan fingerprint density at radius 1 is 1.62 bits per heavy atom. The van der Waals surface area contributed by atoms with Crippen molar-refractivity contribution in [3.63, 3.8) is 0 Å². The molecule has 13 heavy (non-hydrogen) atoms. The van der Waals surface area contributed by atoms with Crippen molar-refractivity contribution in [3.05, 3.63) is 11.9 Å². The predicted molar refractivity (Wildman–Crippen MR) is 42.1 cm³/mol. The Kier molecular flexibility index (Phi) is 4.64. The summed E-state index contributed by atoms with van der Waals surface area (Å²) in [6.07, 6.45) is -0.0482. The first-order valence-electron chi connectivity index (χ1n) is 3.14. The van der Waals surface area contributed by atoms with Crippen LogP contribution in [0.4, 0.5) is 4.79 Å². The van der Waals surface area contributed by atoms with Gasteiger partial charge in [0.1, 0.15) is 0 Å². The van der Waals surface area contributed by atoms with E-state index in [1.165, 1.54) is 0 Å². The molecule has 3 N–H and O–H groups in total. The molecule has 0 spiro atoms. The summed E-state index contributed by atoms with van der Waals surface area (Å²) in [6, 6.07) is 0. The molecule has 0 aliphatic rings. The van der Waals surface area contributed by atoms with Crippen LogP contribution < -0.4 is 0 Å². The molecular weight excluding hydrogens is 201 g/mol. The van der Waals surface area contributed by atoms with Crippen molar-refractivity contribution >= 4 is 13.7 Å². The number of nitrogens with zero attached hydrogens (tertiary/aromatic N) is 1. The van der Waals surface area contributed by atoms with Crippen molar-refractivity contribution in [2.75, 3.05) is 13.7 Å². The zero-order valence-electron chi connectivity index (χ0n) is 6.82. The molecule has 0 saturated heterocycles. The number of carbonyl (C=O) groups excluding carboxylic acids is 1. The van der Waals surface area contributed by atoms with Gasteiger partial charge in [-0.2, -0.15) is 5.06 Å². The maximum atomic E-state index is 10.5. The van der Waals surface area contributed by atoms with Gasteiger partial charge in [-0.3, -0.25) is 9.77 Å². The number of carbonyl (C=O) groups is 1. The molecule has 76 valence electrons. The highest BCUT2D eigenvalue weighted by Crippen LogP contribution is 2.35. The highest BCUT2D eigenvalue weighted by Gasteiger charge is 2.09. The molecular formula is C5H10NO6P. The summed E-state index contributed by atoms with van der Waals surface area (Å²) in [6.45, 7) is -0.349. The molecule has 7 nitrogen and oxygen atoms in total. The van der Waals surface area contributed by atoms with E-state index in [2.05, 4.69) is 4.74 Å². The molecule has 0 saturated carbocycles. The summed E-state index contributed by atoms with van der Waals surface area (Å²) in [5.41, 5.74) is 0. The van der Waals surface area contributed by atoms with Gasteiger partial charge in [0.05, 0.1) is 13.7 Å². The molecule has 0 radical (unpaired) electrons. The minimum Gasteiger partial charge on any atom is -0.451 e. The van der Waals surface area contributed by atoms with Gasteiger partial charge >= 0.3 is 13.7 Å². The smallest absolute Gasteiger partial charge is 0.433 e. The number of hydrogen-bond acceptors (Lipinski definition) is 4. The van der Waals surface area contributed by atoms with Crippen LogP contribution in [0.5, 0.6) is 0 Å². The van der Waals surface area contributed by atoms with Gasteiger partial charge in [-0.1, -0.05) is 6.08 Å². The van der Waals surface area contributed by atoms with E-state index in [-0.39, 0.29) is 11.6 Å². The lowest BCUT2D eigenvalue weighted by Crippen LogP contribution is -2.27. The Morgan fingerprint density at radius 2 is 2.15 bits per heavy atom. The van der Waals surface area contributed by atoms with Gasteiger partial charge in [-0.15, -0.1) is 0 Å². The lowest BCUT2D eigenvalue weighted by molar-refractivity contribution is -0.0599. The summed E-state index contributed by atoms with van der Waals surface area (Å²) < 4.78 is 14.3. The normalized spacial score (nSPS) is 11.7. The van der Waals surface area contributed by atoms with E-state index in [9.17, 15) is 9.36 Å². The molecule has 0 unspecified atom stereocenters. The van der Waals surface area contributed by atoms with Crippen LogP contribution in [-0.2, 0) is 9.30 Å². The van der Waals surface area contributed by atoms with Crippen molar-refractivity contribution in [2.45, 2.75) is 0 Å². The molecule has 0 aliphatic carbocycles. The van der Waals surface area contributed by atoms with Crippen LogP contribution in [0.25, 0.3) is 0 Å². The van der Waals surface area contributed by atoms with Crippen LogP contribution in [0.3, 0.4) is 0 Å². The van der Waals surface area contributed by atoms with Gasteiger partial charge < -0.3 is 14.5 Å². The monoisotopic (exact) mass is 211 g/mol. The Labute approximate surface area is 74.3 Å². The van der Waals surface area contributed by atoms with Crippen LogP contribution >= 0.6 is 7.60 Å². The van der Waals surface area contributed by atoms with Crippen molar-refractivity contribution in [3.8, 4) is 0 Å². The molecule has 0 fully saturated rings. The molecule has 8 heteroatoms. The molecule has 0 aromatic rings. The molecule has 0 aromatic carbocycles. The highest BCUT2D eigenvalue weighted by molar-refractivity contribution is 7.55. The van der Waals surface area contributed by atoms with E-state index in [1.54, 1.807) is 0 Å². The summed E-state index contributed by atoms with van der Waals surface area (Å²) >= 11 is 0. The van der Waals surface area contributed by atoms with Crippen LogP contribution in [0.2, 0.25) is 0 Å². The van der Waals surface area contributed by atoms with Gasteiger partial charge in [0, 0.05) is 5.82 Å². The molecule has 0 bridgehead atoms. The summed E-state index contributed by atoms with van der Waals surface area (Å²) in [4.78, 5) is 27.2. The van der Waals surface area contributed by atoms with Crippen molar-refractivity contribution in [2.24, 2.45) is 0 Å². The maximum Gasteiger partial charge on any atom is 0.433 e. The molecule has 0 aliphatic heterocycles. The summed E-state index contributed by atoms with van der Waals surface area (Å²) in [7, 11) is -3.16. The number of hydroxylamine groups is 2. The zero-order chi connectivity index (χ0) is 10.5. The Bertz CT molecular complexity index is 245. The van der Waals surface area contributed by atoms with Gasteiger partial charge in [-0.05, 0) is 0 Å². The van der Waals surface area contributed by atoms with Gasteiger partial charge in [0.2, 0.25) is 0 Å². The minimum atomic E-state index is -4.23. The topological polar surface area (TPSA) is 107 Å². The van der Waals surface area contributed by atoms with Crippen molar-refractivity contribution < 1.29 is 29.1 Å². The quantitative estimate of drug-likeness (QED) is 0.348. The highest BCUT2D eigenvalue weighted by atomic mass is 31.2. The maximum absolute atomic E-state index is 10.5. The summed E-state index contributed by atoms with van der Waals surface area (Å²) in [5, 5.41) is 8.94. The van der Waals surface area contributed by atoms with Crippen LogP contribution in [0.1, 0.15) is 0 Å². The standard InChI is InChI=1S/C5H10NO6P/c1-12-5(7)6(8)3-2-4-13(9,10)11/h2,4,8H,3H2,1H3,(H2,9,10,11). The third kappa shape index (κ3) is 6.30. The van der Waals surface area contributed by atoms with Crippen molar-refractivity contribution in [1.29, 1.82) is 0 Å². The number of ether oxygens (including phenoxy) is 1. The Morgan fingerprint density at radius 3 is 2.54 bits per heavy atom. The lowest BCUT2D eigenvalue weighted by atomic mass is 10.6. The second-order valence-corrected chi connectivity index (χ2v) is 3.50. The zero-order valence-corrected chi connectivity index (χ0v) is 7.72. The lowest BCUT2D eigenvalue weighted by Gasteiger charge is -2.09. The molecule has 0 rings (SSSR count). The van der Waals surface area contributed by atoms with Crippen LogP contribution in [0, 0.1) is 0 Å². The molecule has 0 aromatic heterocycles. The average molecular weight is 211 g/mol. The van der Waals surface area contributed by atoms with Crippen molar-refractivity contribution in [1.82, 2.24) is 5.06 Å². The van der Waals surface area contributed by atoms with Gasteiger partial charge in [0.15, 0.2) is 0 Å². The average Bonchev–Trinajstić information content (AvgIpc) is 2.00. The molecule has 0 heterocycles. The minimum absolute atomic E-state index is 0.173. The first kappa shape index (κ1) is 12.1. The van der Waals surface area contributed by atoms with E-state index < -0.39 is 13.7 Å². The fourth-order valence-corrected chi connectivity index (χ4v) is 0.833. The Balaban J connectivity index is 3.96. The number of rotatable bonds is 3. The van der Waals surface area contributed by atoms with E-state index in [4.69, 9.17) is 15.0 Å². The first-order valence-corrected chi connectivity index (χ1v) is 4.82. The summed E-state index contributed by atoms with van der Waals surface area (Å²) in [5.74, 6) is 0.582. The number of amides is 1. The third-order valence-electron chi connectivity index (χ3n) is 0.963. The largest absolute Gasteiger partial charge is 0.451 e. The number of hydrogen-bond donors (Lipinski definition) is 3. The predicted octanol–water partition coefficient (Wildman–Crippen LogP) is 0.135. The van der Waals surface area contributed by atoms with Gasteiger partial charge in [-0.25, -0.2) is 4.79 Å².